The first-order chi connectivity index (χ1) is 6.16. The normalized spacial score (nSPS) is 21.9. The quantitative estimate of drug-likeness (QED) is 0.648. The summed E-state index contributed by atoms with van der Waals surface area (Å²) in [7, 11) is 1.67. The molecule has 1 aliphatic heterocycles. The zero-order valence-electron chi connectivity index (χ0n) is 8.74. The van der Waals surface area contributed by atoms with Crippen LogP contribution in [0.2, 0.25) is 0 Å². The third-order valence-electron chi connectivity index (χ3n) is 1.93. The topological polar surface area (TPSA) is 52.9 Å². The highest BCUT2D eigenvalue weighted by Gasteiger charge is 2.26. The summed E-state index contributed by atoms with van der Waals surface area (Å²) in [6, 6.07) is 0. The maximum atomic E-state index is 11.3. The number of aliphatic hydroxyl groups excluding tert-OH is 1. The van der Waals surface area contributed by atoms with Gasteiger partial charge in [-0.3, -0.25) is 9.79 Å². The predicted octanol–water partition coefficient (Wildman–Crippen LogP) is 0.511. The Kier molecular flexibility index (Phi) is 5.30. The van der Waals surface area contributed by atoms with E-state index in [2.05, 4.69) is 4.99 Å². The largest absolute Gasteiger partial charge is 0.395 e. The van der Waals surface area contributed by atoms with E-state index >= 15 is 0 Å². The molecule has 1 rings (SSSR count). The minimum absolute atomic E-state index is 0.0417. The van der Waals surface area contributed by atoms with Crippen LogP contribution in [0.3, 0.4) is 0 Å². The molecule has 0 aromatic rings. The Hall–Kier alpha value is -0.900. The van der Waals surface area contributed by atoms with Crippen molar-refractivity contribution < 1.29 is 9.90 Å². The van der Waals surface area contributed by atoms with Gasteiger partial charge in [0.1, 0.15) is 5.84 Å². The van der Waals surface area contributed by atoms with Crippen LogP contribution in [-0.2, 0) is 4.79 Å². The molecule has 0 aromatic heterocycles. The molecule has 76 valence electrons. The summed E-state index contributed by atoms with van der Waals surface area (Å²) in [5.41, 5.74) is 0. The number of hydrogen-bond donors (Lipinski definition) is 1. The van der Waals surface area contributed by atoms with Gasteiger partial charge in [-0.2, -0.15) is 0 Å². The summed E-state index contributed by atoms with van der Waals surface area (Å²) in [5.74, 6) is 0.350. The van der Waals surface area contributed by atoms with Crippen molar-refractivity contribution in [2.75, 3.05) is 20.2 Å². The Labute approximate surface area is 79.3 Å². The number of amides is 1. The number of aliphatic hydroxyl groups is 1. The highest BCUT2D eigenvalue weighted by atomic mass is 16.3. The number of carbonyl (C=O) groups is 1. The molecule has 0 aromatic carbocycles. The molecule has 0 fully saturated rings. The zero-order valence-corrected chi connectivity index (χ0v) is 8.74. The number of carbonyl (C=O) groups excluding carboxylic acids is 1. The zero-order chi connectivity index (χ0) is 10.4. The van der Waals surface area contributed by atoms with Gasteiger partial charge in [-0.05, 0) is 6.92 Å². The Bertz CT molecular complexity index is 202. The van der Waals surface area contributed by atoms with Crippen molar-refractivity contribution in [2.24, 2.45) is 10.9 Å². The lowest BCUT2D eigenvalue weighted by Gasteiger charge is -2.25. The van der Waals surface area contributed by atoms with Gasteiger partial charge in [-0.15, -0.1) is 0 Å². The molecule has 1 amide bonds. The van der Waals surface area contributed by atoms with E-state index in [1.807, 2.05) is 13.8 Å². The highest BCUT2D eigenvalue weighted by Crippen LogP contribution is 2.08. The fraction of sp³-hybridized carbons (Fsp3) is 0.778. The Morgan fingerprint density at radius 1 is 1.62 bits per heavy atom. The minimum atomic E-state index is -0.330. The van der Waals surface area contributed by atoms with Crippen molar-refractivity contribution in [3.05, 3.63) is 0 Å². The highest BCUT2D eigenvalue weighted by molar-refractivity contribution is 5.99. The summed E-state index contributed by atoms with van der Waals surface area (Å²) >= 11 is 0. The first kappa shape index (κ1) is 12.1. The first-order valence-corrected chi connectivity index (χ1v) is 4.56. The molecule has 4 nitrogen and oxygen atoms in total. The van der Waals surface area contributed by atoms with E-state index in [9.17, 15) is 4.79 Å². The lowest BCUT2D eigenvalue weighted by atomic mass is 10.1. The summed E-state index contributed by atoms with van der Waals surface area (Å²) in [4.78, 5) is 16.8. The van der Waals surface area contributed by atoms with Crippen LogP contribution in [0, 0.1) is 5.92 Å². The van der Waals surface area contributed by atoms with Gasteiger partial charge >= 0.3 is 0 Å². The third kappa shape index (κ3) is 2.81. The van der Waals surface area contributed by atoms with Crippen molar-refractivity contribution in [1.82, 2.24) is 4.90 Å². The van der Waals surface area contributed by atoms with Crippen LogP contribution in [0.25, 0.3) is 0 Å². The SMILES string of the molecule is CC.CC1=NCC(CO)C(=O)N1C. The molecule has 0 aliphatic carbocycles. The molecular formula is C9H18N2O2. The summed E-state index contributed by atoms with van der Waals surface area (Å²) in [6.45, 7) is 6.09. The van der Waals surface area contributed by atoms with Gasteiger partial charge in [-0.25, -0.2) is 0 Å². The van der Waals surface area contributed by atoms with Crippen LogP contribution in [0.4, 0.5) is 0 Å². The van der Waals surface area contributed by atoms with E-state index < -0.39 is 0 Å². The van der Waals surface area contributed by atoms with Crippen molar-refractivity contribution in [2.45, 2.75) is 20.8 Å². The van der Waals surface area contributed by atoms with Gasteiger partial charge in [0, 0.05) is 7.05 Å². The molecule has 1 unspecified atom stereocenters. The molecule has 1 N–H and O–H groups in total. The second-order valence-electron chi connectivity index (χ2n) is 2.66. The van der Waals surface area contributed by atoms with Crippen molar-refractivity contribution in [1.29, 1.82) is 0 Å². The van der Waals surface area contributed by atoms with Gasteiger partial charge in [0.25, 0.3) is 0 Å². The number of rotatable bonds is 1. The molecular weight excluding hydrogens is 168 g/mol. The second-order valence-corrected chi connectivity index (χ2v) is 2.66. The van der Waals surface area contributed by atoms with Gasteiger partial charge in [0.05, 0.1) is 19.1 Å². The van der Waals surface area contributed by atoms with Crippen LogP contribution in [-0.4, -0.2) is 41.9 Å². The van der Waals surface area contributed by atoms with Gasteiger partial charge in [0.2, 0.25) is 5.91 Å². The Morgan fingerprint density at radius 2 is 2.15 bits per heavy atom. The van der Waals surface area contributed by atoms with Gasteiger partial charge in [-0.1, -0.05) is 13.8 Å². The number of aliphatic imine (C=N–C) groups is 1. The molecule has 13 heavy (non-hydrogen) atoms. The molecule has 0 spiro atoms. The van der Waals surface area contributed by atoms with Gasteiger partial charge < -0.3 is 10.0 Å². The van der Waals surface area contributed by atoms with E-state index in [0.717, 1.165) is 5.84 Å². The average Bonchev–Trinajstić information content (AvgIpc) is 2.18. The number of amidine groups is 1. The van der Waals surface area contributed by atoms with Crippen LogP contribution in [0.15, 0.2) is 4.99 Å². The fourth-order valence-electron chi connectivity index (χ4n) is 0.996. The minimum Gasteiger partial charge on any atom is -0.395 e. The second kappa shape index (κ2) is 5.70. The Balaban J connectivity index is 0.000000671. The monoisotopic (exact) mass is 186 g/mol. The lowest BCUT2D eigenvalue weighted by molar-refractivity contribution is -0.132. The molecule has 0 radical (unpaired) electrons. The molecule has 0 saturated heterocycles. The van der Waals surface area contributed by atoms with Crippen LogP contribution in [0.5, 0.6) is 0 Å². The molecule has 4 heteroatoms. The van der Waals surface area contributed by atoms with Crippen molar-refractivity contribution in [3.8, 4) is 0 Å². The van der Waals surface area contributed by atoms with E-state index in [0.29, 0.717) is 6.54 Å². The maximum absolute atomic E-state index is 11.3. The predicted molar refractivity (Wildman–Crippen MR) is 52.7 cm³/mol. The number of nitrogens with zero attached hydrogens (tertiary/aromatic N) is 2. The van der Waals surface area contributed by atoms with Crippen LogP contribution in [0.1, 0.15) is 20.8 Å². The standard InChI is InChI=1S/C7H12N2O2.C2H6/c1-5-8-3-6(4-10)7(11)9(5)2;1-2/h6,10H,3-4H2,1-2H3;1-2H3. The smallest absolute Gasteiger partial charge is 0.234 e. The lowest BCUT2D eigenvalue weighted by Crippen LogP contribution is -2.43. The van der Waals surface area contributed by atoms with E-state index in [1.165, 1.54) is 4.90 Å². The van der Waals surface area contributed by atoms with E-state index in [1.54, 1.807) is 14.0 Å². The average molecular weight is 186 g/mol. The summed E-state index contributed by atoms with van der Waals surface area (Å²) < 4.78 is 0. The first-order valence-electron chi connectivity index (χ1n) is 4.56. The van der Waals surface area contributed by atoms with Crippen molar-refractivity contribution in [3.63, 3.8) is 0 Å². The van der Waals surface area contributed by atoms with Crippen LogP contribution >= 0.6 is 0 Å². The number of hydrogen-bond acceptors (Lipinski definition) is 3. The van der Waals surface area contributed by atoms with Crippen LogP contribution < -0.4 is 0 Å². The molecule has 1 aliphatic rings. The fourth-order valence-corrected chi connectivity index (χ4v) is 0.996. The Morgan fingerprint density at radius 3 is 2.62 bits per heavy atom. The third-order valence-corrected chi connectivity index (χ3v) is 1.93. The maximum Gasteiger partial charge on any atom is 0.234 e. The summed E-state index contributed by atoms with van der Waals surface area (Å²) in [6.07, 6.45) is 0. The molecule has 0 saturated carbocycles. The molecule has 1 atom stereocenters. The van der Waals surface area contributed by atoms with E-state index in [4.69, 9.17) is 5.11 Å². The summed E-state index contributed by atoms with van der Waals surface area (Å²) in [5, 5.41) is 8.75. The molecule has 1 heterocycles. The molecule has 0 bridgehead atoms. The van der Waals surface area contributed by atoms with Crippen molar-refractivity contribution >= 4 is 11.7 Å². The van der Waals surface area contributed by atoms with Gasteiger partial charge in [0.15, 0.2) is 0 Å². The van der Waals surface area contributed by atoms with E-state index in [-0.39, 0.29) is 18.4 Å².